The minimum Gasteiger partial charge on any atom is -0.503 e. The lowest BCUT2D eigenvalue weighted by Gasteiger charge is -2.26. The Morgan fingerprint density at radius 3 is 1.48 bits per heavy atom. The summed E-state index contributed by atoms with van der Waals surface area (Å²) in [6.45, 7) is 5.19. The molecule has 0 aliphatic heterocycles. The van der Waals surface area contributed by atoms with Crippen molar-refractivity contribution in [2.24, 2.45) is 0 Å². The van der Waals surface area contributed by atoms with Crippen molar-refractivity contribution >= 4 is 68.6 Å². The van der Waals surface area contributed by atoms with Gasteiger partial charge >= 0.3 is 0 Å². The van der Waals surface area contributed by atoms with Gasteiger partial charge in [0.05, 0.1) is 29.5 Å². The second kappa shape index (κ2) is 17.4. The summed E-state index contributed by atoms with van der Waals surface area (Å²) in [6, 6.07) is 12.0. The number of hydrogen-bond acceptors (Lipinski definition) is 7. The van der Waals surface area contributed by atoms with Crippen LogP contribution in [0.2, 0.25) is 10.0 Å². The Kier molecular flexibility index (Phi) is 12.6. The van der Waals surface area contributed by atoms with Gasteiger partial charge in [-0.2, -0.15) is 0 Å². The van der Waals surface area contributed by atoms with E-state index in [9.17, 15) is 34.5 Å². The molecule has 4 aromatic carbocycles. The van der Waals surface area contributed by atoms with E-state index in [-0.39, 0.29) is 55.7 Å². The Morgan fingerprint density at radius 1 is 0.700 bits per heavy atom. The maximum atomic E-state index is 16.4. The van der Waals surface area contributed by atoms with Crippen LogP contribution in [-0.2, 0) is 9.59 Å². The molecule has 0 saturated heterocycles. The molecule has 0 aliphatic rings. The number of halogens is 6. The molecule has 6 aromatic rings. The smallest absolute Gasteiger partial charge is 0.262 e. The first-order valence-corrected chi connectivity index (χ1v) is 19.4. The van der Waals surface area contributed by atoms with Crippen molar-refractivity contribution < 1.29 is 52.1 Å². The Morgan fingerprint density at radius 2 is 1.10 bits per heavy atom. The fourth-order valence-corrected chi connectivity index (χ4v) is 7.79. The fourth-order valence-electron chi connectivity index (χ4n) is 7.54. The van der Waals surface area contributed by atoms with Gasteiger partial charge in [0.25, 0.3) is 11.8 Å². The highest BCUT2D eigenvalue weighted by atomic mass is 35.5. The molecule has 2 amide bonds. The van der Waals surface area contributed by atoms with E-state index in [4.69, 9.17) is 23.2 Å². The van der Waals surface area contributed by atoms with Crippen LogP contribution in [0.1, 0.15) is 81.8 Å². The average molecular weight is 870 g/mol. The maximum absolute atomic E-state index is 16.4. The van der Waals surface area contributed by atoms with E-state index in [2.05, 4.69) is 10.6 Å². The number of aliphatic hydroxyl groups is 1. The predicted octanol–water partition coefficient (Wildman–Crippen LogP) is 8.14. The minimum atomic E-state index is -1.72. The number of amides is 2. The molecule has 60 heavy (non-hydrogen) atoms. The first kappa shape index (κ1) is 43.7. The molecule has 0 spiro atoms. The topological polar surface area (TPSA) is 163 Å². The lowest BCUT2D eigenvalue weighted by Crippen LogP contribution is -2.39. The third-order valence-corrected chi connectivity index (χ3v) is 11.1. The number of aliphatic hydroxyl groups excluding tert-OH is 1. The van der Waals surface area contributed by atoms with Crippen LogP contribution >= 0.6 is 23.2 Å². The number of benzene rings is 4. The van der Waals surface area contributed by atoms with Gasteiger partial charge in [-0.15, -0.1) is 0 Å². The van der Waals surface area contributed by atoms with Gasteiger partial charge in [0.1, 0.15) is 0 Å². The van der Waals surface area contributed by atoms with Gasteiger partial charge in [-0.1, -0.05) is 30.1 Å². The van der Waals surface area contributed by atoms with E-state index in [1.807, 2.05) is 0 Å². The molecule has 2 aromatic heterocycles. The number of carbonyl (C=O) groups excluding carboxylic acids is 4. The normalized spacial score (nSPS) is 13.1. The van der Waals surface area contributed by atoms with Crippen molar-refractivity contribution in [3.63, 3.8) is 0 Å². The van der Waals surface area contributed by atoms with Gasteiger partial charge in [-0.3, -0.25) is 28.3 Å². The molecule has 0 saturated carbocycles. The van der Waals surface area contributed by atoms with Gasteiger partial charge < -0.3 is 26.0 Å². The van der Waals surface area contributed by atoms with Crippen molar-refractivity contribution in [3.05, 3.63) is 128 Å². The summed E-state index contributed by atoms with van der Waals surface area (Å²) < 4.78 is 65.0. The first-order chi connectivity index (χ1) is 28.4. The van der Waals surface area contributed by atoms with E-state index < -0.39 is 106 Å². The van der Waals surface area contributed by atoms with Crippen molar-refractivity contribution in [1.82, 2.24) is 19.8 Å². The molecule has 2 heterocycles. The quantitative estimate of drug-likeness (QED) is 0.0776. The fraction of sp³-hybridized carbons (Fsp3) is 0.256. The zero-order chi connectivity index (χ0) is 43.9. The standard InChI is InChI=1S/C43H38Cl2F4N4O7/c1-5-19(2)51-41(58)27(33-21(4)53(43(60)23-8-12-25(45)13-9-23)31-18-29(47)39(56)37(49)35(31)33)16-26(40(57)50-14-15-54)32-20(3)52(42(59)22-6-10-24(44)11-7-22)30-17-28(46)38(55)36(48)34(30)32/h6-13,17-19,26-27,54-56H,5,14-16H2,1-4H3,(H,50,57)(H,51,58). The Balaban J connectivity index is 1.68. The van der Waals surface area contributed by atoms with Gasteiger partial charge in [0, 0.05) is 68.1 Å². The largest absolute Gasteiger partial charge is 0.503 e. The monoisotopic (exact) mass is 868 g/mol. The lowest BCUT2D eigenvalue weighted by atomic mass is 9.81. The van der Waals surface area contributed by atoms with Crippen LogP contribution in [0.4, 0.5) is 17.6 Å². The predicted molar refractivity (Wildman–Crippen MR) is 217 cm³/mol. The second-order valence-electron chi connectivity index (χ2n) is 14.3. The van der Waals surface area contributed by atoms with Crippen molar-refractivity contribution in [2.75, 3.05) is 13.2 Å². The highest BCUT2D eigenvalue weighted by Gasteiger charge is 2.40. The van der Waals surface area contributed by atoms with Gasteiger partial charge in [0.15, 0.2) is 34.8 Å². The molecule has 11 nitrogen and oxygen atoms in total. The molecule has 6 rings (SSSR count). The van der Waals surface area contributed by atoms with E-state index in [1.165, 1.54) is 62.4 Å². The summed E-state index contributed by atoms with van der Waals surface area (Å²) in [7, 11) is 0. The van der Waals surface area contributed by atoms with Gasteiger partial charge in [-0.25, -0.2) is 17.6 Å². The van der Waals surface area contributed by atoms with Crippen LogP contribution in [0.25, 0.3) is 21.8 Å². The summed E-state index contributed by atoms with van der Waals surface area (Å²) in [6.07, 6.45) is -0.302. The van der Waals surface area contributed by atoms with E-state index in [0.29, 0.717) is 12.5 Å². The van der Waals surface area contributed by atoms with Crippen LogP contribution in [-0.4, -0.2) is 67.3 Å². The number of nitrogens with zero attached hydrogens (tertiary/aromatic N) is 2. The number of hydrogen-bond donors (Lipinski definition) is 5. The van der Waals surface area contributed by atoms with Crippen LogP contribution in [0.15, 0.2) is 60.7 Å². The molecule has 0 bridgehead atoms. The van der Waals surface area contributed by atoms with E-state index >= 15 is 17.6 Å². The van der Waals surface area contributed by atoms with Gasteiger partial charge in [-0.05, 0) is 93.3 Å². The highest BCUT2D eigenvalue weighted by molar-refractivity contribution is 6.31. The van der Waals surface area contributed by atoms with Gasteiger partial charge in [0.2, 0.25) is 11.8 Å². The zero-order valence-electron chi connectivity index (χ0n) is 32.5. The molecule has 3 unspecified atom stereocenters. The van der Waals surface area contributed by atoms with Crippen LogP contribution < -0.4 is 10.6 Å². The summed E-state index contributed by atoms with van der Waals surface area (Å²) in [5.74, 6) is -15.6. The summed E-state index contributed by atoms with van der Waals surface area (Å²) in [5, 5.41) is 35.6. The number of aromatic hydroxyl groups is 2. The Hall–Kier alpha value is -5.90. The lowest BCUT2D eigenvalue weighted by molar-refractivity contribution is -0.125. The van der Waals surface area contributed by atoms with Crippen LogP contribution in [0.3, 0.4) is 0 Å². The molecule has 314 valence electrons. The van der Waals surface area contributed by atoms with E-state index in [1.54, 1.807) is 13.8 Å². The molecular weight excluding hydrogens is 831 g/mol. The number of phenolic OH excluding ortho intramolecular Hbond substituents is 2. The first-order valence-electron chi connectivity index (χ1n) is 18.7. The molecule has 0 aliphatic carbocycles. The number of aromatic nitrogens is 2. The zero-order valence-corrected chi connectivity index (χ0v) is 34.0. The summed E-state index contributed by atoms with van der Waals surface area (Å²) >= 11 is 12.1. The third-order valence-electron chi connectivity index (χ3n) is 10.6. The van der Waals surface area contributed by atoms with Crippen molar-refractivity contribution in [2.45, 2.75) is 58.4 Å². The summed E-state index contributed by atoms with van der Waals surface area (Å²) in [4.78, 5) is 57.3. The Labute approximate surface area is 350 Å². The van der Waals surface area contributed by atoms with Crippen molar-refractivity contribution in [3.8, 4) is 11.5 Å². The molecule has 0 radical (unpaired) electrons. The highest BCUT2D eigenvalue weighted by Crippen LogP contribution is 2.45. The van der Waals surface area contributed by atoms with E-state index in [0.717, 1.165) is 15.2 Å². The molecule has 3 atom stereocenters. The second-order valence-corrected chi connectivity index (χ2v) is 15.2. The molecule has 0 fully saturated rings. The molecule has 17 heteroatoms. The maximum Gasteiger partial charge on any atom is 0.262 e. The SMILES string of the molecule is CCC(C)NC(=O)C(CC(C(=O)NCCO)c1c(C)n(C(=O)c2ccc(Cl)cc2)c2cc(F)c(O)c(F)c12)c1c(C)n(C(=O)c2ccc(Cl)cc2)c2cc(F)c(O)c(F)c12. The Bertz CT molecular complexity index is 2700. The third kappa shape index (κ3) is 7.80. The number of nitrogens with one attached hydrogen (secondary N) is 2. The average Bonchev–Trinajstić information content (AvgIpc) is 3.67. The van der Waals surface area contributed by atoms with Crippen molar-refractivity contribution in [1.29, 1.82) is 0 Å². The molecule has 5 N–H and O–H groups in total. The number of carbonyl (C=O) groups is 4. The summed E-state index contributed by atoms with van der Waals surface area (Å²) in [5.41, 5.74) is -1.51. The van der Waals surface area contributed by atoms with Crippen LogP contribution in [0, 0.1) is 37.1 Å². The minimum absolute atomic E-state index is 0.0169. The number of fused-ring (bicyclic) bond motifs is 2. The number of rotatable bonds is 12. The number of phenols is 2. The molecular formula is C43H38Cl2F4N4O7. The van der Waals surface area contributed by atoms with Crippen LogP contribution in [0.5, 0.6) is 11.5 Å².